The first-order valence-electron chi connectivity index (χ1n) is 13.5. The van der Waals surface area contributed by atoms with Gasteiger partial charge >= 0.3 is 0 Å². The van der Waals surface area contributed by atoms with Crippen LogP contribution in [0.1, 0.15) is 63.7 Å². The van der Waals surface area contributed by atoms with Gasteiger partial charge in [-0.15, -0.1) is 0 Å². The fourth-order valence-corrected chi connectivity index (χ4v) is 6.12. The predicted octanol–water partition coefficient (Wildman–Crippen LogP) is 4.11. The first kappa shape index (κ1) is 24.3. The highest BCUT2D eigenvalue weighted by molar-refractivity contribution is 5.94. The fraction of sp³-hybridized carbons (Fsp3) is 0.571. The monoisotopic (exact) mass is 502 g/mol. The Balaban J connectivity index is 1.55. The van der Waals surface area contributed by atoms with Crippen LogP contribution < -0.4 is 4.90 Å². The van der Waals surface area contributed by atoms with Gasteiger partial charge in [0.15, 0.2) is 6.23 Å². The molecule has 9 heteroatoms. The van der Waals surface area contributed by atoms with Crippen molar-refractivity contribution in [3.05, 3.63) is 36.2 Å². The minimum Gasteiger partial charge on any atom is -0.393 e. The van der Waals surface area contributed by atoms with Crippen LogP contribution in [0.25, 0.3) is 22.3 Å². The first-order valence-corrected chi connectivity index (χ1v) is 13.5. The van der Waals surface area contributed by atoms with Crippen LogP contribution in [-0.2, 0) is 14.9 Å². The molecule has 1 saturated carbocycles. The minimum atomic E-state index is -0.684. The van der Waals surface area contributed by atoms with Crippen molar-refractivity contribution < 1.29 is 14.6 Å². The van der Waals surface area contributed by atoms with E-state index < -0.39 is 5.41 Å². The van der Waals surface area contributed by atoms with Crippen molar-refractivity contribution in [2.45, 2.75) is 75.7 Å². The predicted molar refractivity (Wildman–Crippen MR) is 139 cm³/mol. The molecule has 3 aromatic heterocycles. The number of morpholine rings is 1. The lowest BCUT2D eigenvalue weighted by Crippen LogP contribution is -2.44. The fourth-order valence-electron chi connectivity index (χ4n) is 6.12. The number of nitriles is 1. The van der Waals surface area contributed by atoms with E-state index in [9.17, 15) is 10.4 Å². The van der Waals surface area contributed by atoms with Crippen LogP contribution in [-0.4, -0.2) is 63.4 Å². The van der Waals surface area contributed by atoms with Crippen LogP contribution in [0.15, 0.2) is 30.6 Å². The lowest BCUT2D eigenvalue weighted by atomic mass is 9.69. The average Bonchev–Trinajstić information content (AvgIpc) is 3.43. The second-order valence-corrected chi connectivity index (χ2v) is 10.6. The van der Waals surface area contributed by atoms with Gasteiger partial charge in [0.05, 0.1) is 42.5 Å². The van der Waals surface area contributed by atoms with E-state index in [1.807, 2.05) is 23.0 Å². The Labute approximate surface area is 217 Å². The van der Waals surface area contributed by atoms with Crippen molar-refractivity contribution in [2.24, 2.45) is 0 Å². The van der Waals surface area contributed by atoms with Crippen LogP contribution in [0, 0.1) is 11.3 Å². The highest BCUT2D eigenvalue weighted by Crippen LogP contribution is 2.44. The van der Waals surface area contributed by atoms with Gasteiger partial charge < -0.3 is 19.5 Å². The highest BCUT2D eigenvalue weighted by Gasteiger charge is 2.39. The molecular weight excluding hydrogens is 468 g/mol. The number of fused-ring (bicyclic) bond motifs is 1. The Hall–Kier alpha value is -3.06. The maximum atomic E-state index is 10.5. The van der Waals surface area contributed by atoms with Crippen molar-refractivity contribution in [2.75, 3.05) is 31.3 Å². The van der Waals surface area contributed by atoms with Crippen molar-refractivity contribution in [1.29, 1.82) is 5.26 Å². The summed E-state index contributed by atoms with van der Waals surface area (Å²) in [5.41, 5.74) is 2.68. The third-order valence-electron chi connectivity index (χ3n) is 8.26. The smallest absolute Gasteiger partial charge is 0.150 e. The van der Waals surface area contributed by atoms with E-state index in [0.717, 1.165) is 66.1 Å². The zero-order valence-electron chi connectivity index (χ0n) is 21.3. The van der Waals surface area contributed by atoms with Crippen LogP contribution in [0.2, 0.25) is 0 Å². The zero-order valence-corrected chi connectivity index (χ0v) is 21.3. The highest BCUT2D eigenvalue weighted by atomic mass is 16.5. The molecule has 2 saturated heterocycles. The van der Waals surface area contributed by atoms with Crippen molar-refractivity contribution in [3.63, 3.8) is 0 Å². The number of nitrogens with zero attached hydrogens (tertiary/aromatic N) is 6. The Morgan fingerprint density at radius 3 is 2.76 bits per heavy atom. The van der Waals surface area contributed by atoms with Crippen molar-refractivity contribution >= 4 is 16.7 Å². The van der Waals surface area contributed by atoms with Crippen LogP contribution in [0.3, 0.4) is 0 Å². The van der Waals surface area contributed by atoms with E-state index >= 15 is 0 Å². The average molecular weight is 503 g/mol. The molecule has 0 amide bonds. The van der Waals surface area contributed by atoms with Crippen LogP contribution >= 0.6 is 0 Å². The molecule has 1 unspecified atom stereocenters. The van der Waals surface area contributed by atoms with E-state index in [-0.39, 0.29) is 18.4 Å². The number of rotatable bonds is 4. The molecule has 194 valence electrons. The lowest BCUT2D eigenvalue weighted by molar-refractivity contribution is -0.0383. The molecule has 1 aliphatic carbocycles. The van der Waals surface area contributed by atoms with E-state index in [4.69, 9.17) is 19.4 Å². The van der Waals surface area contributed by atoms with Gasteiger partial charge in [-0.25, -0.2) is 9.67 Å². The Bertz CT molecular complexity index is 1300. The second kappa shape index (κ2) is 10.0. The summed E-state index contributed by atoms with van der Waals surface area (Å²) in [6, 6.07) is 8.89. The lowest BCUT2D eigenvalue weighted by Gasteiger charge is -2.37. The molecule has 3 fully saturated rings. The first-order chi connectivity index (χ1) is 18.1. The quantitative estimate of drug-likeness (QED) is 0.568. The zero-order chi connectivity index (χ0) is 25.4. The molecule has 3 aliphatic rings. The van der Waals surface area contributed by atoms with Gasteiger partial charge in [-0.05, 0) is 75.6 Å². The molecular formula is C28H34N6O3. The Morgan fingerprint density at radius 2 is 2.00 bits per heavy atom. The number of aliphatic hydroxyl groups is 1. The van der Waals surface area contributed by atoms with Crippen molar-refractivity contribution in [1.82, 2.24) is 19.7 Å². The van der Waals surface area contributed by atoms with Gasteiger partial charge in [-0.2, -0.15) is 10.4 Å². The molecule has 2 aliphatic heterocycles. The number of ether oxygens (including phenoxy) is 2. The number of anilines is 1. The number of aromatic nitrogens is 4. The SMILES string of the molecule is C[C@@H]1COCCN1c1cc(C2(C#N)CCC(O)CC2)c2ccnc(-c3ccnn3C3CCCCO3)c2n1. The van der Waals surface area contributed by atoms with Gasteiger partial charge in [0.25, 0.3) is 0 Å². The molecule has 0 bridgehead atoms. The number of hydrogen-bond acceptors (Lipinski definition) is 8. The molecule has 5 heterocycles. The van der Waals surface area contributed by atoms with E-state index in [2.05, 4.69) is 29.1 Å². The van der Waals surface area contributed by atoms with Crippen molar-refractivity contribution in [3.8, 4) is 17.5 Å². The largest absolute Gasteiger partial charge is 0.393 e. The molecule has 37 heavy (non-hydrogen) atoms. The summed E-state index contributed by atoms with van der Waals surface area (Å²) in [6.45, 7) is 4.88. The molecule has 9 nitrogen and oxygen atoms in total. The van der Waals surface area contributed by atoms with Gasteiger partial charge in [-0.3, -0.25) is 4.98 Å². The summed E-state index contributed by atoms with van der Waals surface area (Å²) in [5.74, 6) is 0.841. The van der Waals surface area contributed by atoms with E-state index in [1.54, 1.807) is 6.20 Å². The molecule has 3 aromatic rings. The topological polar surface area (TPSA) is 109 Å². The Kier molecular flexibility index (Phi) is 6.57. The summed E-state index contributed by atoms with van der Waals surface area (Å²) in [6.07, 6.45) is 8.67. The van der Waals surface area contributed by atoms with Gasteiger partial charge in [0.2, 0.25) is 0 Å². The van der Waals surface area contributed by atoms with Gasteiger partial charge in [-0.1, -0.05) is 0 Å². The molecule has 0 aromatic carbocycles. The summed E-state index contributed by atoms with van der Waals surface area (Å²) in [5, 5.41) is 26.3. The number of hydrogen-bond donors (Lipinski definition) is 1. The molecule has 2 atom stereocenters. The second-order valence-electron chi connectivity index (χ2n) is 10.6. The van der Waals surface area contributed by atoms with E-state index in [1.165, 1.54) is 0 Å². The molecule has 0 spiro atoms. The Morgan fingerprint density at radius 1 is 1.14 bits per heavy atom. The molecule has 1 N–H and O–H groups in total. The summed E-state index contributed by atoms with van der Waals surface area (Å²) in [4.78, 5) is 12.3. The maximum absolute atomic E-state index is 10.5. The van der Waals surface area contributed by atoms with E-state index in [0.29, 0.717) is 38.9 Å². The standard InChI is InChI=1S/C28H34N6O3/c1-19-17-36-15-13-33(19)24-16-22(28(18-29)9-5-20(35)6-10-28)21-7-11-30-27(26(21)32-24)23-8-12-31-34(23)25-4-2-3-14-37-25/h7-8,11-12,16,19-20,25,35H,2-6,9-10,13-15,17H2,1H3/t19-,20?,25?,28?/m1/s1. The number of pyridine rings is 2. The molecule has 0 radical (unpaired) electrons. The van der Waals surface area contributed by atoms with Gasteiger partial charge in [0.1, 0.15) is 17.0 Å². The minimum absolute atomic E-state index is 0.122. The maximum Gasteiger partial charge on any atom is 0.150 e. The molecule has 6 rings (SSSR count). The third kappa shape index (κ3) is 4.37. The summed E-state index contributed by atoms with van der Waals surface area (Å²) >= 11 is 0. The van der Waals surface area contributed by atoms with Gasteiger partial charge in [0, 0.05) is 30.9 Å². The van der Waals surface area contributed by atoms with Crippen LogP contribution in [0.5, 0.6) is 0 Å². The third-order valence-corrected chi connectivity index (χ3v) is 8.26. The number of aliphatic hydroxyl groups excluding tert-OH is 1. The van der Waals surface area contributed by atoms with Crippen LogP contribution in [0.4, 0.5) is 5.82 Å². The summed E-state index contributed by atoms with van der Waals surface area (Å²) in [7, 11) is 0. The summed E-state index contributed by atoms with van der Waals surface area (Å²) < 4.78 is 13.7. The normalized spacial score (nSPS) is 28.8.